The SMILES string of the molecule is C[C@H]1C[C@@H]2CC(F)(F)[C@H](C1)N2. The monoisotopic (exact) mass is 161 g/mol. The molecule has 3 heteroatoms. The normalized spacial score (nSPS) is 47.7. The van der Waals surface area contributed by atoms with Gasteiger partial charge in [0.1, 0.15) is 0 Å². The molecular formula is C8H13F2N. The molecule has 1 nitrogen and oxygen atoms in total. The zero-order valence-corrected chi connectivity index (χ0v) is 6.61. The number of hydrogen-bond donors (Lipinski definition) is 1. The molecular weight excluding hydrogens is 148 g/mol. The van der Waals surface area contributed by atoms with E-state index in [1.807, 2.05) is 0 Å². The van der Waals surface area contributed by atoms with E-state index in [2.05, 4.69) is 12.2 Å². The van der Waals surface area contributed by atoms with Gasteiger partial charge in [-0.2, -0.15) is 0 Å². The Labute approximate surface area is 65.2 Å². The molecule has 2 aliphatic rings. The number of piperidine rings is 1. The maximum atomic E-state index is 13.0. The van der Waals surface area contributed by atoms with Crippen molar-refractivity contribution in [3.8, 4) is 0 Å². The van der Waals surface area contributed by atoms with Crippen molar-refractivity contribution in [2.45, 2.75) is 44.2 Å². The fraction of sp³-hybridized carbons (Fsp3) is 1.00. The molecule has 0 amide bonds. The van der Waals surface area contributed by atoms with E-state index in [4.69, 9.17) is 0 Å². The average molecular weight is 161 g/mol. The standard InChI is InChI=1S/C8H13F2N/c1-5-2-6-4-8(9,10)7(3-5)11-6/h5-7,11H,2-4H2,1H3/t5-,6+,7-/m0/s1. The van der Waals surface area contributed by atoms with Gasteiger partial charge in [0.2, 0.25) is 0 Å². The Morgan fingerprint density at radius 3 is 2.73 bits per heavy atom. The van der Waals surface area contributed by atoms with E-state index in [1.165, 1.54) is 0 Å². The third-order valence-electron chi connectivity index (χ3n) is 2.79. The summed E-state index contributed by atoms with van der Waals surface area (Å²) in [6.45, 7) is 2.06. The molecule has 1 N–H and O–H groups in total. The molecule has 3 atom stereocenters. The Morgan fingerprint density at radius 1 is 1.36 bits per heavy atom. The first-order valence-electron chi connectivity index (χ1n) is 4.22. The lowest BCUT2D eigenvalue weighted by Crippen LogP contribution is -2.42. The van der Waals surface area contributed by atoms with Crippen molar-refractivity contribution < 1.29 is 8.78 Å². The highest BCUT2D eigenvalue weighted by atomic mass is 19.3. The molecule has 2 rings (SSSR count). The average Bonchev–Trinajstić information content (AvgIpc) is 2.02. The van der Waals surface area contributed by atoms with Crippen LogP contribution in [0.1, 0.15) is 26.2 Å². The third kappa shape index (κ3) is 1.15. The molecule has 2 fully saturated rings. The van der Waals surface area contributed by atoms with Crippen LogP contribution in [0.2, 0.25) is 0 Å². The number of nitrogens with one attached hydrogen (secondary N) is 1. The minimum atomic E-state index is -2.44. The minimum Gasteiger partial charge on any atom is -0.306 e. The number of fused-ring (bicyclic) bond motifs is 2. The molecule has 0 aromatic heterocycles. The Hall–Kier alpha value is -0.180. The van der Waals surface area contributed by atoms with Crippen molar-refractivity contribution in [1.82, 2.24) is 5.32 Å². The predicted molar refractivity (Wildman–Crippen MR) is 38.7 cm³/mol. The van der Waals surface area contributed by atoms with Crippen LogP contribution in [-0.4, -0.2) is 18.0 Å². The van der Waals surface area contributed by atoms with Gasteiger partial charge in [0, 0.05) is 12.5 Å². The molecule has 0 spiro atoms. The molecule has 11 heavy (non-hydrogen) atoms. The molecule has 2 bridgehead atoms. The van der Waals surface area contributed by atoms with E-state index in [0.29, 0.717) is 12.3 Å². The van der Waals surface area contributed by atoms with Crippen molar-refractivity contribution in [2.75, 3.05) is 0 Å². The molecule has 2 saturated heterocycles. The molecule has 64 valence electrons. The van der Waals surface area contributed by atoms with Crippen molar-refractivity contribution in [1.29, 1.82) is 0 Å². The van der Waals surface area contributed by atoms with Crippen LogP contribution in [0, 0.1) is 5.92 Å². The second kappa shape index (κ2) is 2.16. The van der Waals surface area contributed by atoms with Crippen LogP contribution in [0.3, 0.4) is 0 Å². The van der Waals surface area contributed by atoms with Crippen LogP contribution in [0.25, 0.3) is 0 Å². The van der Waals surface area contributed by atoms with Gasteiger partial charge in [-0.25, -0.2) is 8.78 Å². The first kappa shape index (κ1) is 7.47. The van der Waals surface area contributed by atoms with Gasteiger partial charge < -0.3 is 5.32 Å². The van der Waals surface area contributed by atoms with Gasteiger partial charge in [-0.1, -0.05) is 6.92 Å². The maximum absolute atomic E-state index is 13.0. The van der Waals surface area contributed by atoms with Gasteiger partial charge in [0.25, 0.3) is 5.92 Å². The molecule has 2 heterocycles. The molecule has 0 aromatic carbocycles. The highest BCUT2D eigenvalue weighted by Crippen LogP contribution is 2.40. The number of rotatable bonds is 0. The third-order valence-corrected chi connectivity index (χ3v) is 2.79. The topological polar surface area (TPSA) is 12.0 Å². The highest BCUT2D eigenvalue weighted by molar-refractivity contribution is 5.01. The first-order valence-corrected chi connectivity index (χ1v) is 4.22. The first-order chi connectivity index (χ1) is 5.08. The van der Waals surface area contributed by atoms with Crippen molar-refractivity contribution in [2.24, 2.45) is 5.92 Å². The van der Waals surface area contributed by atoms with E-state index in [9.17, 15) is 8.78 Å². The second-order valence-corrected chi connectivity index (χ2v) is 3.96. The summed E-state index contributed by atoms with van der Waals surface area (Å²) in [6.07, 6.45) is 1.62. The van der Waals surface area contributed by atoms with E-state index in [0.717, 1.165) is 6.42 Å². The van der Waals surface area contributed by atoms with E-state index < -0.39 is 12.0 Å². The van der Waals surface area contributed by atoms with Gasteiger partial charge in [-0.15, -0.1) is 0 Å². The Balaban J connectivity index is 2.14. The number of halogens is 2. The van der Waals surface area contributed by atoms with Gasteiger partial charge in [0.15, 0.2) is 0 Å². The van der Waals surface area contributed by atoms with Crippen LogP contribution in [0.4, 0.5) is 8.78 Å². The summed E-state index contributed by atoms with van der Waals surface area (Å²) in [5, 5.41) is 2.96. The van der Waals surface area contributed by atoms with Crippen LogP contribution < -0.4 is 5.32 Å². The summed E-state index contributed by atoms with van der Waals surface area (Å²) >= 11 is 0. The summed E-state index contributed by atoms with van der Waals surface area (Å²) in [4.78, 5) is 0. The van der Waals surface area contributed by atoms with Crippen LogP contribution in [0.5, 0.6) is 0 Å². The van der Waals surface area contributed by atoms with E-state index >= 15 is 0 Å². The van der Waals surface area contributed by atoms with Gasteiger partial charge in [-0.05, 0) is 18.8 Å². The zero-order chi connectivity index (χ0) is 8.06. The number of alkyl halides is 2. The molecule has 0 aromatic rings. The quantitative estimate of drug-likeness (QED) is 0.571. The van der Waals surface area contributed by atoms with Crippen LogP contribution in [-0.2, 0) is 0 Å². The number of hydrogen-bond acceptors (Lipinski definition) is 1. The van der Waals surface area contributed by atoms with Crippen molar-refractivity contribution in [3.05, 3.63) is 0 Å². The Bertz CT molecular complexity index is 169. The van der Waals surface area contributed by atoms with Gasteiger partial charge in [0.05, 0.1) is 6.04 Å². The predicted octanol–water partition coefficient (Wildman–Crippen LogP) is 1.78. The van der Waals surface area contributed by atoms with Crippen LogP contribution >= 0.6 is 0 Å². The molecule has 0 aliphatic carbocycles. The molecule has 2 aliphatic heterocycles. The molecule has 0 unspecified atom stereocenters. The Morgan fingerprint density at radius 2 is 2.09 bits per heavy atom. The van der Waals surface area contributed by atoms with Gasteiger partial charge in [-0.3, -0.25) is 0 Å². The second-order valence-electron chi connectivity index (χ2n) is 3.96. The van der Waals surface area contributed by atoms with E-state index in [-0.39, 0.29) is 12.5 Å². The van der Waals surface area contributed by atoms with Gasteiger partial charge >= 0.3 is 0 Å². The highest BCUT2D eigenvalue weighted by Gasteiger charge is 2.51. The molecule has 0 radical (unpaired) electrons. The zero-order valence-electron chi connectivity index (χ0n) is 6.61. The summed E-state index contributed by atoms with van der Waals surface area (Å²) in [7, 11) is 0. The lowest BCUT2D eigenvalue weighted by atomic mass is 9.94. The lowest BCUT2D eigenvalue weighted by molar-refractivity contribution is -0.0143. The largest absolute Gasteiger partial charge is 0.306 e. The summed E-state index contributed by atoms with van der Waals surface area (Å²) < 4.78 is 26.0. The van der Waals surface area contributed by atoms with Crippen LogP contribution in [0.15, 0.2) is 0 Å². The summed E-state index contributed by atoms with van der Waals surface area (Å²) in [6, 6.07) is -0.449. The van der Waals surface area contributed by atoms with Crippen molar-refractivity contribution >= 4 is 0 Å². The maximum Gasteiger partial charge on any atom is 0.264 e. The molecule has 0 saturated carbocycles. The fourth-order valence-corrected chi connectivity index (χ4v) is 2.31. The lowest BCUT2D eigenvalue weighted by Gasteiger charge is -2.26. The summed E-state index contributed by atoms with van der Waals surface area (Å²) in [5.41, 5.74) is 0. The Kier molecular flexibility index (Phi) is 1.46. The van der Waals surface area contributed by atoms with Crippen molar-refractivity contribution in [3.63, 3.8) is 0 Å². The van der Waals surface area contributed by atoms with E-state index in [1.54, 1.807) is 0 Å². The smallest absolute Gasteiger partial charge is 0.264 e. The summed E-state index contributed by atoms with van der Waals surface area (Å²) in [5.74, 6) is -1.96. The minimum absolute atomic E-state index is 0.0575. The fourth-order valence-electron chi connectivity index (χ4n) is 2.31.